The number of hydrogen-bond acceptors (Lipinski definition) is 5. The minimum atomic E-state index is -0.564. The Kier molecular flexibility index (Phi) is 5.46. The molecule has 1 rings (SSSR count). The van der Waals surface area contributed by atoms with E-state index in [9.17, 15) is 14.9 Å². The van der Waals surface area contributed by atoms with Gasteiger partial charge in [-0.25, -0.2) is 0 Å². The fourth-order valence-electron chi connectivity index (χ4n) is 1.75. The zero-order valence-electron chi connectivity index (χ0n) is 10.7. The summed E-state index contributed by atoms with van der Waals surface area (Å²) in [6.07, 6.45) is 1.29. The number of hydrogen-bond donors (Lipinski definition) is 2. The first kappa shape index (κ1) is 15.1. The standard InChI is InChI=1S/C11H17N3O5/c1-2-12-8-9(14(18)19)7-10(12)11(17)13(3-5-15)4-6-16/h7-8,15-16H,2-6H2,1H3. The van der Waals surface area contributed by atoms with Crippen molar-refractivity contribution in [1.82, 2.24) is 9.47 Å². The highest BCUT2D eigenvalue weighted by Crippen LogP contribution is 2.18. The zero-order chi connectivity index (χ0) is 14.4. The van der Waals surface area contributed by atoms with Gasteiger partial charge >= 0.3 is 0 Å². The number of carbonyl (C=O) groups is 1. The molecule has 0 aliphatic rings. The van der Waals surface area contributed by atoms with Crippen LogP contribution in [0.5, 0.6) is 0 Å². The highest BCUT2D eigenvalue weighted by Gasteiger charge is 2.22. The summed E-state index contributed by atoms with van der Waals surface area (Å²) in [5.74, 6) is -0.446. The van der Waals surface area contributed by atoms with Crippen molar-refractivity contribution in [3.8, 4) is 0 Å². The molecule has 0 saturated carbocycles. The molecule has 2 N–H and O–H groups in total. The molecule has 0 aliphatic carbocycles. The zero-order valence-corrected chi connectivity index (χ0v) is 10.7. The topological polar surface area (TPSA) is 109 Å². The van der Waals surface area contributed by atoms with Gasteiger partial charge < -0.3 is 19.7 Å². The van der Waals surface area contributed by atoms with E-state index in [1.807, 2.05) is 0 Å². The number of rotatable bonds is 7. The van der Waals surface area contributed by atoms with Crippen LogP contribution in [-0.4, -0.2) is 56.8 Å². The van der Waals surface area contributed by atoms with Gasteiger partial charge in [-0.05, 0) is 6.92 Å². The van der Waals surface area contributed by atoms with Gasteiger partial charge in [0.25, 0.3) is 11.6 Å². The molecule has 0 spiro atoms. The van der Waals surface area contributed by atoms with Crippen LogP contribution in [0, 0.1) is 10.1 Å². The van der Waals surface area contributed by atoms with Crippen LogP contribution in [0.1, 0.15) is 17.4 Å². The number of aliphatic hydroxyl groups excluding tert-OH is 2. The number of aromatic nitrogens is 1. The van der Waals surface area contributed by atoms with Crippen molar-refractivity contribution in [1.29, 1.82) is 0 Å². The van der Waals surface area contributed by atoms with E-state index in [4.69, 9.17) is 10.2 Å². The Balaban J connectivity index is 3.05. The smallest absolute Gasteiger partial charge is 0.287 e. The first-order valence-electron chi connectivity index (χ1n) is 5.90. The Bertz CT molecular complexity index is 451. The fourth-order valence-corrected chi connectivity index (χ4v) is 1.75. The van der Waals surface area contributed by atoms with Gasteiger partial charge in [0, 0.05) is 25.7 Å². The van der Waals surface area contributed by atoms with Gasteiger partial charge in [0.1, 0.15) is 5.69 Å². The first-order valence-corrected chi connectivity index (χ1v) is 5.90. The van der Waals surface area contributed by atoms with Crippen molar-refractivity contribution in [3.05, 3.63) is 28.1 Å². The SMILES string of the molecule is CCn1cc([N+](=O)[O-])cc1C(=O)N(CCO)CCO. The van der Waals surface area contributed by atoms with Crippen LogP contribution in [0.15, 0.2) is 12.3 Å². The van der Waals surface area contributed by atoms with Gasteiger partial charge in [-0.1, -0.05) is 0 Å². The van der Waals surface area contributed by atoms with E-state index in [0.717, 1.165) is 0 Å². The van der Waals surface area contributed by atoms with Crippen LogP contribution in [-0.2, 0) is 6.54 Å². The lowest BCUT2D eigenvalue weighted by Gasteiger charge is -2.20. The lowest BCUT2D eigenvalue weighted by molar-refractivity contribution is -0.384. The Hall–Kier alpha value is -1.93. The molecule has 1 heterocycles. The number of nitro groups is 1. The van der Waals surface area contributed by atoms with Gasteiger partial charge in [-0.2, -0.15) is 0 Å². The molecule has 1 amide bonds. The normalized spacial score (nSPS) is 10.5. The molecule has 0 saturated heterocycles. The average Bonchev–Trinajstić information content (AvgIpc) is 2.82. The van der Waals surface area contributed by atoms with E-state index in [1.165, 1.54) is 21.7 Å². The summed E-state index contributed by atoms with van der Waals surface area (Å²) in [4.78, 5) is 23.6. The second kappa shape index (κ2) is 6.86. The lowest BCUT2D eigenvalue weighted by Crippen LogP contribution is -2.36. The molecule has 0 unspecified atom stereocenters. The van der Waals surface area contributed by atoms with Crippen LogP contribution < -0.4 is 0 Å². The van der Waals surface area contributed by atoms with Crippen LogP contribution in [0.2, 0.25) is 0 Å². The molecule has 0 atom stereocenters. The van der Waals surface area contributed by atoms with Gasteiger partial charge in [0.2, 0.25) is 0 Å². The minimum absolute atomic E-state index is 0.0715. The maximum absolute atomic E-state index is 12.2. The molecule has 8 nitrogen and oxygen atoms in total. The van der Waals surface area contributed by atoms with Crippen LogP contribution in [0.25, 0.3) is 0 Å². The number of carbonyl (C=O) groups excluding carboxylic acids is 1. The monoisotopic (exact) mass is 271 g/mol. The van der Waals surface area contributed by atoms with Gasteiger partial charge in [0.05, 0.1) is 24.3 Å². The third kappa shape index (κ3) is 3.52. The van der Waals surface area contributed by atoms with Crippen molar-refractivity contribution >= 4 is 11.6 Å². The van der Waals surface area contributed by atoms with Crippen LogP contribution >= 0.6 is 0 Å². The predicted octanol–water partition coefficient (Wildman–Crippen LogP) is -0.157. The summed E-state index contributed by atoms with van der Waals surface area (Å²) < 4.78 is 1.47. The highest BCUT2D eigenvalue weighted by atomic mass is 16.6. The molecule has 1 aromatic heterocycles. The van der Waals surface area contributed by atoms with E-state index in [1.54, 1.807) is 6.92 Å². The third-order valence-electron chi connectivity index (χ3n) is 2.68. The Morgan fingerprint density at radius 3 is 2.42 bits per heavy atom. The molecule has 0 radical (unpaired) electrons. The molecule has 0 bridgehead atoms. The second-order valence-corrected chi connectivity index (χ2v) is 3.87. The average molecular weight is 271 g/mol. The summed E-state index contributed by atoms with van der Waals surface area (Å²) in [6.45, 7) is 1.86. The quantitative estimate of drug-likeness (QED) is 0.529. The maximum Gasteiger partial charge on any atom is 0.287 e. The largest absolute Gasteiger partial charge is 0.395 e. The minimum Gasteiger partial charge on any atom is -0.395 e. The molecular formula is C11H17N3O5. The number of amides is 1. The molecular weight excluding hydrogens is 254 g/mol. The first-order chi connectivity index (χ1) is 9.04. The molecule has 0 aliphatic heterocycles. The van der Waals surface area contributed by atoms with E-state index in [0.29, 0.717) is 6.54 Å². The molecule has 0 fully saturated rings. The van der Waals surface area contributed by atoms with E-state index in [2.05, 4.69) is 0 Å². The van der Waals surface area contributed by atoms with Gasteiger partial charge in [0.15, 0.2) is 0 Å². The summed E-state index contributed by atoms with van der Waals surface area (Å²) in [7, 11) is 0. The number of aryl methyl sites for hydroxylation is 1. The van der Waals surface area contributed by atoms with Crippen molar-refractivity contribution in [2.75, 3.05) is 26.3 Å². The molecule has 19 heavy (non-hydrogen) atoms. The number of aliphatic hydroxyl groups is 2. The molecule has 1 aromatic rings. The van der Waals surface area contributed by atoms with Crippen molar-refractivity contribution in [2.45, 2.75) is 13.5 Å². The van der Waals surface area contributed by atoms with E-state index >= 15 is 0 Å². The van der Waals surface area contributed by atoms with Crippen molar-refractivity contribution < 1.29 is 19.9 Å². The predicted molar refractivity (Wildman–Crippen MR) is 66.8 cm³/mol. The van der Waals surface area contributed by atoms with Crippen LogP contribution in [0.3, 0.4) is 0 Å². The second-order valence-electron chi connectivity index (χ2n) is 3.87. The van der Waals surface area contributed by atoms with Gasteiger partial charge in [-0.15, -0.1) is 0 Å². The van der Waals surface area contributed by atoms with Crippen molar-refractivity contribution in [2.24, 2.45) is 0 Å². The van der Waals surface area contributed by atoms with E-state index in [-0.39, 0.29) is 37.7 Å². The Morgan fingerprint density at radius 1 is 1.42 bits per heavy atom. The maximum atomic E-state index is 12.2. The van der Waals surface area contributed by atoms with E-state index < -0.39 is 10.8 Å². The van der Waals surface area contributed by atoms with Gasteiger partial charge in [-0.3, -0.25) is 14.9 Å². The summed E-state index contributed by atoms with van der Waals surface area (Å²) >= 11 is 0. The fraction of sp³-hybridized carbons (Fsp3) is 0.545. The Morgan fingerprint density at radius 2 is 2.00 bits per heavy atom. The van der Waals surface area contributed by atoms with Crippen LogP contribution in [0.4, 0.5) is 5.69 Å². The highest BCUT2D eigenvalue weighted by molar-refractivity contribution is 5.93. The number of nitrogens with zero attached hydrogens (tertiary/aromatic N) is 3. The summed E-state index contributed by atoms with van der Waals surface area (Å²) in [5.41, 5.74) is 0.0225. The summed E-state index contributed by atoms with van der Waals surface area (Å²) in [6, 6.07) is 1.20. The molecule has 0 aromatic carbocycles. The lowest BCUT2D eigenvalue weighted by atomic mass is 10.3. The molecule has 106 valence electrons. The molecule has 8 heteroatoms. The van der Waals surface area contributed by atoms with Crippen molar-refractivity contribution in [3.63, 3.8) is 0 Å². The Labute approximate surface area is 110 Å². The summed E-state index contributed by atoms with van der Waals surface area (Å²) in [5, 5.41) is 28.5. The third-order valence-corrected chi connectivity index (χ3v) is 2.68.